The van der Waals surface area contributed by atoms with E-state index >= 15 is 0 Å². The fraction of sp³-hybridized carbons (Fsp3) is 1.00. The maximum atomic E-state index is 3.33. The second-order valence-electron chi connectivity index (χ2n) is 2.41. The van der Waals surface area contributed by atoms with Gasteiger partial charge in [-0.3, -0.25) is 0 Å². The molecule has 0 unspecified atom stereocenters. The third-order valence-corrected chi connectivity index (χ3v) is 2.55. The second-order valence-corrected chi connectivity index (χ2v) is 3.32. The van der Waals surface area contributed by atoms with Crippen molar-refractivity contribution in [3.63, 3.8) is 0 Å². The van der Waals surface area contributed by atoms with Crippen molar-refractivity contribution in [2.45, 2.75) is 13.0 Å². The van der Waals surface area contributed by atoms with Gasteiger partial charge in [0.25, 0.3) is 0 Å². The molecule has 0 bridgehead atoms. The molecule has 1 nitrogen and oxygen atoms in total. The number of thioether (sulfide) groups is 1. The average Bonchev–Trinajstić information content (AvgIpc) is 1.79. The van der Waals surface area contributed by atoms with Crippen LogP contribution in [0.3, 0.4) is 0 Å². The molecular weight excluding hydrogens is 118 g/mol. The molecule has 0 aliphatic carbocycles. The molecule has 0 aromatic heterocycles. The van der Waals surface area contributed by atoms with E-state index in [0.717, 1.165) is 12.0 Å². The Hall–Kier alpha value is 0.310. The molecule has 48 valence electrons. The average molecular weight is 131 g/mol. The molecule has 0 amide bonds. The van der Waals surface area contributed by atoms with Crippen LogP contribution in [0.4, 0.5) is 0 Å². The summed E-state index contributed by atoms with van der Waals surface area (Å²) in [5, 5.41) is 3.33. The molecule has 8 heavy (non-hydrogen) atoms. The molecular formula is C6H13NS. The Bertz CT molecular complexity index is 74.9. The normalized spacial score (nSPS) is 36.8. The van der Waals surface area contributed by atoms with Crippen molar-refractivity contribution in [3.05, 3.63) is 0 Å². The maximum absolute atomic E-state index is 3.33. The highest BCUT2D eigenvalue weighted by molar-refractivity contribution is 7.98. The van der Waals surface area contributed by atoms with Crippen molar-refractivity contribution in [2.75, 3.05) is 18.6 Å². The van der Waals surface area contributed by atoms with Gasteiger partial charge in [-0.15, -0.1) is 0 Å². The van der Waals surface area contributed by atoms with Gasteiger partial charge in [0, 0.05) is 12.6 Å². The van der Waals surface area contributed by atoms with Crippen molar-refractivity contribution < 1.29 is 0 Å². The lowest BCUT2D eigenvalue weighted by Crippen LogP contribution is -2.51. The van der Waals surface area contributed by atoms with E-state index in [1.54, 1.807) is 0 Å². The zero-order chi connectivity index (χ0) is 5.98. The van der Waals surface area contributed by atoms with Crippen LogP contribution in [0, 0.1) is 5.92 Å². The Morgan fingerprint density at radius 3 is 2.62 bits per heavy atom. The molecule has 1 fully saturated rings. The quantitative estimate of drug-likeness (QED) is 0.599. The molecule has 1 aliphatic heterocycles. The van der Waals surface area contributed by atoms with Crippen LogP contribution >= 0.6 is 11.8 Å². The summed E-state index contributed by atoms with van der Waals surface area (Å²) >= 11 is 1.95. The monoisotopic (exact) mass is 131 g/mol. The molecule has 2 heteroatoms. The van der Waals surface area contributed by atoms with E-state index in [1.165, 1.54) is 12.3 Å². The number of nitrogens with one attached hydrogen (secondary N) is 1. The molecule has 1 heterocycles. The minimum absolute atomic E-state index is 0.780. The van der Waals surface area contributed by atoms with Gasteiger partial charge in [0.05, 0.1) is 0 Å². The lowest BCUT2D eigenvalue weighted by molar-refractivity contribution is 0.279. The lowest BCUT2D eigenvalue weighted by atomic mass is 9.96. The van der Waals surface area contributed by atoms with Gasteiger partial charge in [0.1, 0.15) is 0 Å². The van der Waals surface area contributed by atoms with E-state index in [-0.39, 0.29) is 0 Å². The first-order valence-corrected chi connectivity index (χ1v) is 4.46. The van der Waals surface area contributed by atoms with Crippen LogP contribution in [0.25, 0.3) is 0 Å². The van der Waals surface area contributed by atoms with Crippen LogP contribution in [0.2, 0.25) is 0 Å². The molecule has 0 aromatic rings. The molecule has 1 saturated heterocycles. The minimum atomic E-state index is 0.780. The Morgan fingerprint density at radius 1 is 1.75 bits per heavy atom. The van der Waals surface area contributed by atoms with Crippen molar-refractivity contribution >= 4 is 11.8 Å². The van der Waals surface area contributed by atoms with Crippen LogP contribution in [0.5, 0.6) is 0 Å². The highest BCUT2D eigenvalue weighted by Gasteiger charge is 2.24. The van der Waals surface area contributed by atoms with Gasteiger partial charge in [-0.25, -0.2) is 0 Å². The number of hydrogen-bond acceptors (Lipinski definition) is 2. The zero-order valence-corrected chi connectivity index (χ0v) is 6.29. The Balaban J connectivity index is 2.08. The van der Waals surface area contributed by atoms with Crippen LogP contribution in [0.15, 0.2) is 0 Å². The van der Waals surface area contributed by atoms with Crippen molar-refractivity contribution in [3.8, 4) is 0 Å². The number of rotatable bonds is 2. The fourth-order valence-electron chi connectivity index (χ4n) is 0.938. The van der Waals surface area contributed by atoms with Gasteiger partial charge in [0.15, 0.2) is 0 Å². The van der Waals surface area contributed by atoms with Crippen LogP contribution in [-0.4, -0.2) is 24.6 Å². The van der Waals surface area contributed by atoms with Gasteiger partial charge in [-0.05, 0) is 24.9 Å². The summed E-state index contributed by atoms with van der Waals surface area (Å²) < 4.78 is 0. The summed E-state index contributed by atoms with van der Waals surface area (Å²) in [6.45, 7) is 3.49. The predicted octanol–water partition coefficient (Wildman–Crippen LogP) is 0.957. The maximum Gasteiger partial charge on any atom is 0.00871 e. The minimum Gasteiger partial charge on any atom is -0.314 e. The SMILES string of the molecule is CSC[C@H]1CN[C@@H]1C. The van der Waals surface area contributed by atoms with Gasteiger partial charge < -0.3 is 5.32 Å². The molecule has 1 rings (SSSR count). The molecule has 1 aliphatic rings. The molecule has 0 aromatic carbocycles. The van der Waals surface area contributed by atoms with E-state index in [4.69, 9.17) is 0 Å². The predicted molar refractivity (Wildman–Crippen MR) is 39.3 cm³/mol. The van der Waals surface area contributed by atoms with Crippen molar-refractivity contribution in [1.29, 1.82) is 0 Å². The summed E-state index contributed by atoms with van der Waals surface area (Å²) in [5.41, 5.74) is 0. The first-order chi connectivity index (χ1) is 3.84. The van der Waals surface area contributed by atoms with Crippen molar-refractivity contribution in [2.24, 2.45) is 5.92 Å². The Morgan fingerprint density at radius 2 is 2.50 bits per heavy atom. The molecule has 0 saturated carbocycles. The van der Waals surface area contributed by atoms with Crippen LogP contribution in [0.1, 0.15) is 6.92 Å². The van der Waals surface area contributed by atoms with Gasteiger partial charge in [-0.2, -0.15) is 11.8 Å². The van der Waals surface area contributed by atoms with E-state index < -0.39 is 0 Å². The summed E-state index contributed by atoms with van der Waals surface area (Å²) in [4.78, 5) is 0. The highest BCUT2D eigenvalue weighted by Crippen LogP contribution is 2.16. The Labute approximate surface area is 55.2 Å². The van der Waals surface area contributed by atoms with E-state index in [9.17, 15) is 0 Å². The fourth-order valence-corrected chi connectivity index (χ4v) is 1.77. The van der Waals surface area contributed by atoms with E-state index in [0.29, 0.717) is 0 Å². The summed E-state index contributed by atoms with van der Waals surface area (Å²) in [6, 6.07) is 0.780. The molecule has 0 radical (unpaired) electrons. The third kappa shape index (κ3) is 1.17. The first-order valence-electron chi connectivity index (χ1n) is 3.07. The van der Waals surface area contributed by atoms with Gasteiger partial charge in [0.2, 0.25) is 0 Å². The van der Waals surface area contributed by atoms with Gasteiger partial charge >= 0.3 is 0 Å². The Kier molecular flexibility index (Phi) is 2.20. The summed E-state index contributed by atoms with van der Waals surface area (Å²) in [7, 11) is 0. The van der Waals surface area contributed by atoms with Crippen LogP contribution < -0.4 is 5.32 Å². The van der Waals surface area contributed by atoms with Gasteiger partial charge in [-0.1, -0.05) is 0 Å². The van der Waals surface area contributed by atoms with Crippen LogP contribution in [-0.2, 0) is 0 Å². The second kappa shape index (κ2) is 2.74. The number of hydrogen-bond donors (Lipinski definition) is 1. The summed E-state index contributed by atoms with van der Waals surface area (Å²) in [5.74, 6) is 2.28. The van der Waals surface area contributed by atoms with E-state index in [2.05, 4.69) is 18.5 Å². The summed E-state index contributed by atoms with van der Waals surface area (Å²) in [6.07, 6.45) is 2.17. The standard InChI is InChI=1S/C6H13NS/c1-5-6(3-7-5)4-8-2/h5-7H,3-4H2,1-2H3/t5-,6-/m1/s1. The zero-order valence-electron chi connectivity index (χ0n) is 5.48. The topological polar surface area (TPSA) is 12.0 Å². The smallest absolute Gasteiger partial charge is 0.00871 e. The first kappa shape index (κ1) is 6.43. The molecule has 1 N–H and O–H groups in total. The largest absolute Gasteiger partial charge is 0.314 e. The molecule has 0 spiro atoms. The highest BCUT2D eigenvalue weighted by atomic mass is 32.2. The van der Waals surface area contributed by atoms with E-state index in [1.807, 2.05) is 11.8 Å². The molecule has 2 atom stereocenters. The lowest BCUT2D eigenvalue weighted by Gasteiger charge is -2.34. The third-order valence-electron chi connectivity index (χ3n) is 1.79. The van der Waals surface area contributed by atoms with Crippen molar-refractivity contribution in [1.82, 2.24) is 5.32 Å².